The first kappa shape index (κ1) is 15.5. The number of amides is 1. The largest absolute Gasteiger partial charge is 0.298 e. The van der Waals surface area contributed by atoms with E-state index < -0.39 is 11.7 Å². The van der Waals surface area contributed by atoms with Crippen molar-refractivity contribution in [3.8, 4) is 11.3 Å². The van der Waals surface area contributed by atoms with Gasteiger partial charge in [0.25, 0.3) is 5.91 Å². The first-order chi connectivity index (χ1) is 11.0. The highest BCUT2D eigenvalue weighted by molar-refractivity contribution is 6.30. The zero-order chi connectivity index (χ0) is 16.6. The van der Waals surface area contributed by atoms with Gasteiger partial charge in [-0.05, 0) is 24.3 Å². The van der Waals surface area contributed by atoms with Crippen LogP contribution in [0.5, 0.6) is 0 Å². The molecule has 2 aromatic heterocycles. The first-order valence-corrected chi connectivity index (χ1v) is 7.16. The summed E-state index contributed by atoms with van der Waals surface area (Å²) in [6.07, 6.45) is 0. The Balaban J connectivity index is 2.34. The van der Waals surface area contributed by atoms with E-state index in [0.29, 0.717) is 22.1 Å². The Hall–Kier alpha value is -2.44. The fourth-order valence-corrected chi connectivity index (χ4v) is 2.58. The summed E-state index contributed by atoms with van der Waals surface area (Å²) in [5.74, 6) is -0.866. The van der Waals surface area contributed by atoms with E-state index in [-0.39, 0.29) is 5.69 Å². The van der Waals surface area contributed by atoms with Gasteiger partial charge < -0.3 is 0 Å². The minimum Gasteiger partial charge on any atom is -0.282 e. The number of hydrogen-bond acceptors (Lipinski definition) is 3. The Kier molecular flexibility index (Phi) is 4.02. The molecule has 0 saturated carbocycles. The smallest absolute Gasteiger partial charge is 0.282 e. The van der Waals surface area contributed by atoms with Crippen LogP contribution in [0.15, 0.2) is 42.5 Å². The van der Waals surface area contributed by atoms with Crippen LogP contribution in [0, 0.1) is 5.82 Å². The second kappa shape index (κ2) is 5.98. The van der Waals surface area contributed by atoms with Crippen LogP contribution in [0.25, 0.3) is 16.9 Å². The van der Waals surface area contributed by atoms with Gasteiger partial charge in [0.15, 0.2) is 5.69 Å². The summed E-state index contributed by atoms with van der Waals surface area (Å²) in [5.41, 5.74) is 1.54. The molecule has 0 saturated heterocycles. The van der Waals surface area contributed by atoms with Crippen molar-refractivity contribution < 1.29 is 14.0 Å². The van der Waals surface area contributed by atoms with Crippen LogP contribution in [0.2, 0.25) is 5.15 Å². The SMILES string of the molecule is CON(C)C(=O)c1nc2cccc(Cl)n2c1-c1cccc(F)c1. The number of hydroxylamine groups is 2. The van der Waals surface area contributed by atoms with Gasteiger partial charge in [0.1, 0.15) is 16.6 Å². The molecular formula is C16H13ClFN3O2. The molecule has 7 heteroatoms. The van der Waals surface area contributed by atoms with Gasteiger partial charge in [0.05, 0.1) is 12.8 Å². The first-order valence-electron chi connectivity index (χ1n) is 6.78. The number of benzene rings is 1. The molecule has 5 nitrogen and oxygen atoms in total. The molecule has 3 aromatic rings. The van der Waals surface area contributed by atoms with Crippen LogP contribution in [0.1, 0.15) is 10.5 Å². The molecule has 0 N–H and O–H groups in total. The molecule has 0 aliphatic carbocycles. The summed E-state index contributed by atoms with van der Waals surface area (Å²) in [6.45, 7) is 0. The topological polar surface area (TPSA) is 46.8 Å². The Labute approximate surface area is 136 Å². The number of fused-ring (bicyclic) bond motifs is 1. The molecule has 3 rings (SSSR count). The van der Waals surface area contributed by atoms with E-state index in [1.165, 1.54) is 26.3 Å². The van der Waals surface area contributed by atoms with E-state index in [0.717, 1.165) is 5.06 Å². The number of nitrogens with zero attached hydrogens (tertiary/aromatic N) is 3. The van der Waals surface area contributed by atoms with E-state index in [1.807, 2.05) is 0 Å². The van der Waals surface area contributed by atoms with Crippen LogP contribution in [-0.4, -0.2) is 34.5 Å². The third-order valence-corrected chi connectivity index (χ3v) is 3.75. The zero-order valence-electron chi connectivity index (χ0n) is 12.5. The van der Waals surface area contributed by atoms with Gasteiger partial charge in [-0.15, -0.1) is 0 Å². The number of carbonyl (C=O) groups excluding carboxylic acids is 1. The second-order valence-electron chi connectivity index (χ2n) is 4.85. The van der Waals surface area contributed by atoms with E-state index >= 15 is 0 Å². The number of pyridine rings is 1. The lowest BCUT2D eigenvalue weighted by Gasteiger charge is -2.13. The molecule has 0 aliphatic heterocycles. The van der Waals surface area contributed by atoms with Gasteiger partial charge in [-0.3, -0.25) is 14.0 Å². The normalized spacial score (nSPS) is 11.0. The van der Waals surface area contributed by atoms with E-state index in [9.17, 15) is 9.18 Å². The molecule has 0 bridgehead atoms. The highest BCUT2D eigenvalue weighted by Crippen LogP contribution is 2.29. The standard InChI is InChI=1S/C16H13ClFN3O2/c1-20(23-2)16(22)14-15(10-5-3-6-11(18)9-10)21-12(17)7-4-8-13(21)19-14/h3-9H,1-2H3. The van der Waals surface area contributed by atoms with Gasteiger partial charge in [-0.1, -0.05) is 29.8 Å². The number of imidazole rings is 1. The molecule has 0 aliphatic rings. The van der Waals surface area contributed by atoms with E-state index in [4.69, 9.17) is 16.4 Å². The second-order valence-corrected chi connectivity index (χ2v) is 5.23. The third kappa shape index (κ3) is 2.67. The number of halogens is 2. The van der Waals surface area contributed by atoms with Gasteiger partial charge in [0.2, 0.25) is 0 Å². The van der Waals surface area contributed by atoms with Gasteiger partial charge in [0, 0.05) is 12.6 Å². The van der Waals surface area contributed by atoms with Crippen molar-refractivity contribution in [2.45, 2.75) is 0 Å². The summed E-state index contributed by atoms with van der Waals surface area (Å²) < 4.78 is 15.2. The van der Waals surface area contributed by atoms with Crippen molar-refractivity contribution in [1.82, 2.24) is 14.4 Å². The lowest BCUT2D eigenvalue weighted by molar-refractivity contribution is -0.0759. The molecule has 2 heterocycles. The van der Waals surface area contributed by atoms with Crippen LogP contribution < -0.4 is 0 Å². The fraction of sp³-hybridized carbons (Fsp3) is 0.125. The molecule has 1 amide bonds. The Morgan fingerprint density at radius 1 is 1.30 bits per heavy atom. The molecule has 0 radical (unpaired) electrons. The van der Waals surface area contributed by atoms with Crippen molar-refractivity contribution >= 4 is 23.2 Å². The number of rotatable bonds is 3. The van der Waals surface area contributed by atoms with Crippen LogP contribution in [-0.2, 0) is 4.84 Å². The maximum atomic E-state index is 13.6. The predicted octanol–water partition coefficient (Wildman–Crippen LogP) is 3.43. The van der Waals surface area contributed by atoms with Gasteiger partial charge in [-0.2, -0.15) is 0 Å². The number of carbonyl (C=O) groups is 1. The Morgan fingerprint density at radius 2 is 2.04 bits per heavy atom. The van der Waals surface area contributed by atoms with Crippen molar-refractivity contribution in [3.05, 3.63) is 59.1 Å². The highest BCUT2D eigenvalue weighted by Gasteiger charge is 2.24. The number of hydrogen-bond donors (Lipinski definition) is 0. The van der Waals surface area contributed by atoms with E-state index in [2.05, 4.69) is 4.98 Å². The Morgan fingerprint density at radius 3 is 2.74 bits per heavy atom. The third-order valence-electron chi connectivity index (χ3n) is 3.46. The summed E-state index contributed by atoms with van der Waals surface area (Å²) in [4.78, 5) is 21.8. The summed E-state index contributed by atoms with van der Waals surface area (Å²) in [5, 5.41) is 1.42. The van der Waals surface area contributed by atoms with E-state index in [1.54, 1.807) is 34.7 Å². The monoisotopic (exact) mass is 333 g/mol. The summed E-state index contributed by atoms with van der Waals surface area (Å²) >= 11 is 6.26. The van der Waals surface area contributed by atoms with Crippen LogP contribution in [0.3, 0.4) is 0 Å². The summed E-state index contributed by atoms with van der Waals surface area (Å²) in [7, 11) is 2.85. The van der Waals surface area contributed by atoms with Gasteiger partial charge in [-0.25, -0.2) is 14.4 Å². The molecule has 0 fully saturated rings. The molecule has 23 heavy (non-hydrogen) atoms. The summed E-state index contributed by atoms with van der Waals surface area (Å²) in [6, 6.07) is 11.0. The maximum absolute atomic E-state index is 13.6. The molecular weight excluding hydrogens is 321 g/mol. The highest BCUT2D eigenvalue weighted by atomic mass is 35.5. The van der Waals surface area contributed by atoms with Crippen LogP contribution >= 0.6 is 11.6 Å². The molecule has 0 atom stereocenters. The van der Waals surface area contributed by atoms with Crippen molar-refractivity contribution in [2.75, 3.05) is 14.2 Å². The van der Waals surface area contributed by atoms with Crippen molar-refractivity contribution in [1.29, 1.82) is 0 Å². The van der Waals surface area contributed by atoms with Crippen LogP contribution in [0.4, 0.5) is 4.39 Å². The lowest BCUT2D eigenvalue weighted by Crippen LogP contribution is -2.26. The molecule has 1 aromatic carbocycles. The molecule has 0 unspecified atom stereocenters. The average molecular weight is 334 g/mol. The Bertz CT molecular complexity index is 894. The quantitative estimate of drug-likeness (QED) is 0.545. The van der Waals surface area contributed by atoms with Gasteiger partial charge >= 0.3 is 0 Å². The number of aromatic nitrogens is 2. The predicted molar refractivity (Wildman–Crippen MR) is 84.7 cm³/mol. The zero-order valence-corrected chi connectivity index (χ0v) is 13.2. The fourth-order valence-electron chi connectivity index (χ4n) is 2.34. The molecule has 118 valence electrons. The minimum absolute atomic E-state index is 0.132. The lowest BCUT2D eigenvalue weighted by atomic mass is 10.1. The molecule has 0 spiro atoms. The maximum Gasteiger partial charge on any atom is 0.298 e. The average Bonchev–Trinajstić information content (AvgIpc) is 2.94. The minimum atomic E-state index is -0.452. The van der Waals surface area contributed by atoms with Crippen molar-refractivity contribution in [3.63, 3.8) is 0 Å². The van der Waals surface area contributed by atoms with Crippen molar-refractivity contribution in [2.24, 2.45) is 0 Å².